The van der Waals surface area contributed by atoms with E-state index in [1.165, 1.54) is 0 Å². The number of rotatable bonds is 6. The van der Waals surface area contributed by atoms with E-state index in [0.717, 1.165) is 15.6 Å². The summed E-state index contributed by atoms with van der Waals surface area (Å²) in [4.78, 5) is 4.61. The van der Waals surface area contributed by atoms with E-state index < -0.39 is 0 Å². The smallest absolute Gasteiger partial charge is 0.150 e. The molecule has 0 aliphatic carbocycles. The van der Waals surface area contributed by atoms with Crippen LogP contribution in [0.15, 0.2) is 40.1 Å². The van der Waals surface area contributed by atoms with Crippen molar-refractivity contribution in [2.75, 3.05) is 12.3 Å². The van der Waals surface area contributed by atoms with E-state index in [0.29, 0.717) is 12.3 Å². The maximum absolute atomic E-state index is 9.99. The average Bonchev–Trinajstić information content (AvgIpc) is 2.92. The highest BCUT2D eigenvalue weighted by molar-refractivity contribution is 8.01. The van der Waals surface area contributed by atoms with E-state index in [1.807, 2.05) is 18.2 Å². The lowest BCUT2D eigenvalue weighted by Crippen LogP contribution is -2.41. The molecule has 3 nitrogen and oxygen atoms in total. The van der Waals surface area contributed by atoms with E-state index in [9.17, 15) is 5.11 Å². The molecular formula is C16H23ClN2OS2. The minimum atomic E-state index is -0.363. The Morgan fingerprint density at radius 1 is 1.27 bits per heavy atom. The second-order valence-electron chi connectivity index (χ2n) is 5.96. The summed E-state index contributed by atoms with van der Waals surface area (Å²) in [7, 11) is 0. The molecule has 2 N–H and O–H groups in total. The number of nitrogens with zero attached hydrogens (tertiary/aromatic N) is 1. The highest BCUT2D eigenvalue weighted by Gasteiger charge is 2.13. The number of aromatic nitrogens is 1. The van der Waals surface area contributed by atoms with Gasteiger partial charge in [-0.25, -0.2) is 4.98 Å². The standard InChI is InChI=1S/C16H22N2OS2.ClH/c1-16(2,3)17-9-13(19)10-20-15-18-14(11-21-15)12-7-5-4-6-8-12;/h4-8,11,13,17,19H,9-10H2,1-3H3;1H. The number of thioether (sulfide) groups is 1. The van der Waals surface area contributed by atoms with Crippen LogP contribution < -0.4 is 5.32 Å². The summed E-state index contributed by atoms with van der Waals surface area (Å²) < 4.78 is 1.00. The number of hydrogen-bond donors (Lipinski definition) is 2. The van der Waals surface area contributed by atoms with Crippen molar-refractivity contribution in [3.63, 3.8) is 0 Å². The number of nitrogens with one attached hydrogen (secondary N) is 1. The number of aliphatic hydroxyl groups is 1. The Labute approximate surface area is 147 Å². The number of β-amino-alcohol motifs (C(OH)–C–C–N with tert-alkyl or cyclic N) is 1. The number of halogens is 1. The third-order valence-electron chi connectivity index (χ3n) is 2.82. The van der Waals surface area contributed by atoms with Crippen molar-refractivity contribution in [2.45, 2.75) is 36.8 Å². The van der Waals surface area contributed by atoms with Gasteiger partial charge in [0.15, 0.2) is 4.34 Å². The Balaban J connectivity index is 0.00000242. The molecule has 1 unspecified atom stereocenters. The minimum Gasteiger partial charge on any atom is -0.391 e. The van der Waals surface area contributed by atoms with Gasteiger partial charge in [-0.2, -0.15) is 0 Å². The molecule has 1 aromatic heterocycles. The highest BCUT2D eigenvalue weighted by Crippen LogP contribution is 2.28. The Bertz CT molecular complexity index is 555. The van der Waals surface area contributed by atoms with Crippen LogP contribution in [0.4, 0.5) is 0 Å². The van der Waals surface area contributed by atoms with Crippen LogP contribution in [0.1, 0.15) is 20.8 Å². The monoisotopic (exact) mass is 358 g/mol. The average molecular weight is 359 g/mol. The maximum atomic E-state index is 9.99. The molecule has 122 valence electrons. The van der Waals surface area contributed by atoms with Gasteiger partial charge < -0.3 is 10.4 Å². The lowest BCUT2D eigenvalue weighted by Gasteiger charge is -2.22. The molecule has 0 radical (unpaired) electrons. The SMILES string of the molecule is CC(C)(C)NCC(O)CSc1nc(-c2ccccc2)cs1.Cl. The fourth-order valence-electron chi connectivity index (χ4n) is 1.72. The Morgan fingerprint density at radius 2 is 1.95 bits per heavy atom. The summed E-state index contributed by atoms with van der Waals surface area (Å²) in [5, 5.41) is 15.4. The number of thiazole rings is 1. The van der Waals surface area contributed by atoms with Gasteiger partial charge in [-0.3, -0.25) is 0 Å². The lowest BCUT2D eigenvalue weighted by atomic mass is 10.1. The second kappa shape index (κ2) is 8.89. The van der Waals surface area contributed by atoms with Crippen LogP contribution in [0.5, 0.6) is 0 Å². The van der Waals surface area contributed by atoms with Crippen LogP contribution >= 0.6 is 35.5 Å². The quantitative estimate of drug-likeness (QED) is 0.764. The zero-order chi connectivity index (χ0) is 15.3. The molecule has 1 aromatic carbocycles. The van der Waals surface area contributed by atoms with E-state index in [4.69, 9.17) is 0 Å². The van der Waals surface area contributed by atoms with Crippen molar-refractivity contribution in [3.8, 4) is 11.3 Å². The van der Waals surface area contributed by atoms with Crippen LogP contribution in [0.25, 0.3) is 11.3 Å². The maximum Gasteiger partial charge on any atom is 0.150 e. The highest BCUT2D eigenvalue weighted by atomic mass is 35.5. The van der Waals surface area contributed by atoms with Gasteiger partial charge in [-0.05, 0) is 20.8 Å². The normalized spacial score (nSPS) is 12.7. The predicted octanol–water partition coefficient (Wildman–Crippen LogP) is 4.07. The van der Waals surface area contributed by atoms with E-state index in [-0.39, 0.29) is 24.0 Å². The molecule has 0 saturated carbocycles. The number of hydrogen-bond acceptors (Lipinski definition) is 5. The molecule has 2 rings (SSSR count). The summed E-state index contributed by atoms with van der Waals surface area (Å²) >= 11 is 3.24. The van der Waals surface area contributed by atoms with E-state index in [2.05, 4.69) is 48.6 Å². The Morgan fingerprint density at radius 3 is 2.59 bits per heavy atom. The van der Waals surface area contributed by atoms with Crippen LogP contribution in [-0.4, -0.2) is 34.0 Å². The molecule has 0 saturated heterocycles. The zero-order valence-electron chi connectivity index (χ0n) is 13.1. The van der Waals surface area contributed by atoms with E-state index >= 15 is 0 Å². The van der Waals surface area contributed by atoms with Crippen molar-refractivity contribution in [1.29, 1.82) is 0 Å². The molecule has 0 fully saturated rings. The van der Waals surface area contributed by atoms with Crippen molar-refractivity contribution < 1.29 is 5.11 Å². The molecule has 0 aliphatic heterocycles. The van der Waals surface area contributed by atoms with E-state index in [1.54, 1.807) is 23.1 Å². The van der Waals surface area contributed by atoms with Crippen molar-refractivity contribution in [3.05, 3.63) is 35.7 Å². The molecule has 0 aliphatic rings. The number of benzene rings is 1. The lowest BCUT2D eigenvalue weighted by molar-refractivity contribution is 0.183. The summed E-state index contributed by atoms with van der Waals surface area (Å²) in [6.45, 7) is 6.90. The molecule has 0 amide bonds. The largest absolute Gasteiger partial charge is 0.391 e. The molecule has 6 heteroatoms. The third-order valence-corrected chi connectivity index (χ3v) is 4.99. The van der Waals surface area contributed by atoms with Crippen molar-refractivity contribution >= 4 is 35.5 Å². The fourth-order valence-corrected chi connectivity index (χ4v) is 3.50. The van der Waals surface area contributed by atoms with Gasteiger partial charge in [0.25, 0.3) is 0 Å². The first-order chi connectivity index (χ1) is 9.94. The fraction of sp³-hybridized carbons (Fsp3) is 0.438. The van der Waals surface area contributed by atoms with Gasteiger partial charge in [0.2, 0.25) is 0 Å². The van der Waals surface area contributed by atoms with Gasteiger partial charge in [0, 0.05) is 28.8 Å². The van der Waals surface area contributed by atoms with Gasteiger partial charge in [-0.1, -0.05) is 42.1 Å². The molecule has 0 spiro atoms. The molecule has 0 bridgehead atoms. The summed E-state index contributed by atoms with van der Waals surface area (Å²) in [6, 6.07) is 10.2. The molecule has 1 atom stereocenters. The Hall–Kier alpha value is -0.590. The van der Waals surface area contributed by atoms with Gasteiger partial charge >= 0.3 is 0 Å². The van der Waals surface area contributed by atoms with Crippen LogP contribution in [0.2, 0.25) is 0 Å². The van der Waals surface area contributed by atoms with Crippen LogP contribution in [0, 0.1) is 0 Å². The van der Waals surface area contributed by atoms with Crippen molar-refractivity contribution in [2.24, 2.45) is 0 Å². The summed E-state index contributed by atoms with van der Waals surface area (Å²) in [5.74, 6) is 0.658. The van der Waals surface area contributed by atoms with Gasteiger partial charge in [-0.15, -0.1) is 23.7 Å². The molecule has 1 heterocycles. The summed E-state index contributed by atoms with van der Waals surface area (Å²) in [5.41, 5.74) is 2.17. The first kappa shape index (κ1) is 19.5. The second-order valence-corrected chi connectivity index (χ2v) is 8.09. The predicted molar refractivity (Wildman–Crippen MR) is 99.3 cm³/mol. The molecule has 2 aromatic rings. The number of aliphatic hydroxyl groups excluding tert-OH is 1. The third kappa shape index (κ3) is 6.67. The Kier molecular flexibility index (Phi) is 7.86. The molecular weight excluding hydrogens is 336 g/mol. The minimum absolute atomic E-state index is 0. The van der Waals surface area contributed by atoms with Crippen LogP contribution in [-0.2, 0) is 0 Å². The molecule has 22 heavy (non-hydrogen) atoms. The summed E-state index contributed by atoms with van der Waals surface area (Å²) in [6.07, 6.45) is -0.363. The van der Waals surface area contributed by atoms with Gasteiger partial charge in [0.1, 0.15) is 0 Å². The topological polar surface area (TPSA) is 45.1 Å². The first-order valence-electron chi connectivity index (χ1n) is 7.01. The van der Waals surface area contributed by atoms with Crippen LogP contribution in [0.3, 0.4) is 0 Å². The van der Waals surface area contributed by atoms with Gasteiger partial charge in [0.05, 0.1) is 11.8 Å². The first-order valence-corrected chi connectivity index (χ1v) is 8.87. The zero-order valence-corrected chi connectivity index (χ0v) is 15.5. The van der Waals surface area contributed by atoms with Crippen molar-refractivity contribution in [1.82, 2.24) is 10.3 Å².